The van der Waals surface area contributed by atoms with E-state index in [1.165, 1.54) is 13.2 Å². The molecular formula is C13H21N3O3. The molecule has 1 N–H and O–H groups in total. The van der Waals surface area contributed by atoms with E-state index >= 15 is 0 Å². The first-order valence-electron chi connectivity index (χ1n) is 6.62. The molecule has 0 saturated carbocycles. The molecule has 0 bridgehead atoms. The molecule has 106 valence electrons. The minimum absolute atomic E-state index is 0.210. The summed E-state index contributed by atoms with van der Waals surface area (Å²) in [6, 6.07) is 0. The lowest BCUT2D eigenvalue weighted by Gasteiger charge is -2.35. The van der Waals surface area contributed by atoms with Gasteiger partial charge in [-0.25, -0.2) is 4.79 Å². The van der Waals surface area contributed by atoms with Gasteiger partial charge < -0.3 is 9.72 Å². The van der Waals surface area contributed by atoms with Gasteiger partial charge in [-0.3, -0.25) is 14.3 Å². The Morgan fingerprint density at radius 2 is 1.95 bits per heavy atom. The number of nitrogens with zero attached hydrogens (tertiary/aromatic N) is 2. The molecule has 6 heteroatoms. The predicted octanol–water partition coefficient (Wildman–Crippen LogP) is -0.275. The number of ether oxygens (including phenoxy) is 1. The Bertz CT molecular complexity index is 539. The number of aromatic nitrogens is 2. The zero-order chi connectivity index (χ0) is 14.0. The minimum Gasteiger partial charge on any atom is -0.373 e. The maximum absolute atomic E-state index is 11.9. The van der Waals surface area contributed by atoms with Gasteiger partial charge in [0.15, 0.2) is 0 Å². The van der Waals surface area contributed by atoms with Crippen molar-refractivity contribution in [2.45, 2.75) is 32.5 Å². The van der Waals surface area contributed by atoms with Crippen molar-refractivity contribution in [2.75, 3.05) is 19.6 Å². The molecule has 1 aromatic rings. The summed E-state index contributed by atoms with van der Waals surface area (Å²) < 4.78 is 6.78. The molecule has 2 atom stereocenters. The molecule has 1 fully saturated rings. The molecule has 1 saturated heterocycles. The quantitative estimate of drug-likeness (QED) is 0.818. The summed E-state index contributed by atoms with van der Waals surface area (Å²) in [6.45, 7) is 6.69. The molecule has 0 aromatic carbocycles. The SMILES string of the molecule is C[C@@H]1CN(CCc2c[nH]c(=O)n(C)c2=O)C[C@H](C)O1. The Morgan fingerprint density at radius 1 is 1.32 bits per heavy atom. The van der Waals surface area contributed by atoms with Gasteiger partial charge >= 0.3 is 5.69 Å². The van der Waals surface area contributed by atoms with E-state index in [2.05, 4.69) is 23.7 Å². The van der Waals surface area contributed by atoms with Crippen LogP contribution in [0.15, 0.2) is 15.8 Å². The van der Waals surface area contributed by atoms with Gasteiger partial charge in [-0.2, -0.15) is 0 Å². The van der Waals surface area contributed by atoms with Crippen molar-refractivity contribution in [1.82, 2.24) is 14.5 Å². The van der Waals surface area contributed by atoms with Gasteiger partial charge in [0.1, 0.15) is 0 Å². The Kier molecular flexibility index (Phi) is 4.21. The number of hydrogen-bond acceptors (Lipinski definition) is 4. The molecule has 19 heavy (non-hydrogen) atoms. The molecule has 2 rings (SSSR count). The minimum atomic E-state index is -0.373. The third-order valence-electron chi connectivity index (χ3n) is 3.45. The molecule has 0 spiro atoms. The highest BCUT2D eigenvalue weighted by atomic mass is 16.5. The van der Waals surface area contributed by atoms with E-state index in [1.54, 1.807) is 0 Å². The third-order valence-corrected chi connectivity index (χ3v) is 3.45. The standard InChI is InChI=1S/C13H21N3O3/c1-9-7-16(8-10(2)19-9)5-4-11-6-14-13(18)15(3)12(11)17/h6,9-10H,4-5,7-8H2,1-3H3,(H,14,18)/t9-,10+. The molecule has 6 nitrogen and oxygen atoms in total. The summed E-state index contributed by atoms with van der Waals surface area (Å²) in [4.78, 5) is 28.0. The largest absolute Gasteiger partial charge is 0.373 e. The van der Waals surface area contributed by atoms with Crippen LogP contribution in [-0.2, 0) is 18.2 Å². The zero-order valence-electron chi connectivity index (χ0n) is 11.7. The van der Waals surface area contributed by atoms with Crippen molar-refractivity contribution >= 4 is 0 Å². The van der Waals surface area contributed by atoms with Gasteiger partial charge in [0.05, 0.1) is 12.2 Å². The zero-order valence-corrected chi connectivity index (χ0v) is 11.7. The average molecular weight is 267 g/mol. The monoisotopic (exact) mass is 267 g/mol. The highest BCUT2D eigenvalue weighted by molar-refractivity contribution is 5.05. The van der Waals surface area contributed by atoms with Crippen molar-refractivity contribution in [2.24, 2.45) is 7.05 Å². The summed E-state index contributed by atoms with van der Waals surface area (Å²) >= 11 is 0. The van der Waals surface area contributed by atoms with Crippen LogP contribution in [0.2, 0.25) is 0 Å². The smallest absolute Gasteiger partial charge is 0.328 e. The highest BCUT2D eigenvalue weighted by Crippen LogP contribution is 2.10. The van der Waals surface area contributed by atoms with Crippen LogP contribution in [0.1, 0.15) is 19.4 Å². The van der Waals surface area contributed by atoms with E-state index in [0.717, 1.165) is 24.2 Å². The van der Waals surface area contributed by atoms with Crippen LogP contribution in [0.4, 0.5) is 0 Å². The summed E-state index contributed by atoms with van der Waals surface area (Å²) in [5.74, 6) is 0. The van der Waals surface area contributed by atoms with E-state index < -0.39 is 0 Å². The lowest BCUT2D eigenvalue weighted by Crippen LogP contribution is -2.46. The Hall–Kier alpha value is -1.40. The molecule has 0 amide bonds. The van der Waals surface area contributed by atoms with Crippen LogP contribution in [0.25, 0.3) is 0 Å². The molecule has 0 unspecified atom stereocenters. The molecule has 1 aromatic heterocycles. The molecule has 0 radical (unpaired) electrons. The van der Waals surface area contributed by atoms with Crippen LogP contribution in [0.3, 0.4) is 0 Å². The third kappa shape index (κ3) is 3.33. The van der Waals surface area contributed by atoms with E-state index in [-0.39, 0.29) is 23.5 Å². The normalized spacial score (nSPS) is 24.6. The van der Waals surface area contributed by atoms with Crippen LogP contribution in [0.5, 0.6) is 0 Å². The number of morpholine rings is 1. The van der Waals surface area contributed by atoms with Gasteiger partial charge in [-0.1, -0.05) is 0 Å². The first-order valence-corrected chi connectivity index (χ1v) is 6.62. The lowest BCUT2D eigenvalue weighted by molar-refractivity contribution is -0.0675. The number of rotatable bonds is 3. The number of hydrogen-bond donors (Lipinski definition) is 1. The summed E-state index contributed by atoms with van der Waals surface area (Å²) in [5, 5.41) is 0. The summed E-state index contributed by atoms with van der Waals surface area (Å²) in [6.07, 6.45) is 2.62. The summed E-state index contributed by atoms with van der Waals surface area (Å²) in [7, 11) is 1.49. The van der Waals surface area contributed by atoms with Crippen LogP contribution >= 0.6 is 0 Å². The molecule has 1 aliphatic heterocycles. The predicted molar refractivity (Wildman–Crippen MR) is 72.5 cm³/mol. The average Bonchev–Trinajstić information content (AvgIpc) is 2.34. The van der Waals surface area contributed by atoms with Gasteiger partial charge in [0.2, 0.25) is 0 Å². The Labute approximate surface area is 112 Å². The van der Waals surface area contributed by atoms with Crippen molar-refractivity contribution in [3.63, 3.8) is 0 Å². The fourth-order valence-corrected chi connectivity index (χ4v) is 2.54. The van der Waals surface area contributed by atoms with Crippen molar-refractivity contribution in [1.29, 1.82) is 0 Å². The van der Waals surface area contributed by atoms with Crippen LogP contribution in [0, 0.1) is 0 Å². The lowest BCUT2D eigenvalue weighted by atomic mass is 10.2. The number of H-pyrrole nitrogens is 1. The molecular weight excluding hydrogens is 246 g/mol. The van der Waals surface area contributed by atoms with E-state index in [0.29, 0.717) is 12.0 Å². The number of nitrogens with one attached hydrogen (secondary N) is 1. The van der Waals surface area contributed by atoms with Crippen LogP contribution < -0.4 is 11.2 Å². The summed E-state index contributed by atoms with van der Waals surface area (Å²) in [5.41, 5.74) is 0.0642. The van der Waals surface area contributed by atoms with Crippen molar-refractivity contribution in [3.05, 3.63) is 32.6 Å². The van der Waals surface area contributed by atoms with Gasteiger partial charge in [-0.05, 0) is 20.3 Å². The van der Waals surface area contributed by atoms with Crippen molar-refractivity contribution < 1.29 is 4.74 Å². The van der Waals surface area contributed by atoms with Gasteiger partial charge in [-0.15, -0.1) is 0 Å². The Balaban J connectivity index is 2.01. The fraction of sp³-hybridized carbons (Fsp3) is 0.692. The van der Waals surface area contributed by atoms with Crippen molar-refractivity contribution in [3.8, 4) is 0 Å². The maximum atomic E-state index is 11.9. The second-order valence-corrected chi connectivity index (χ2v) is 5.25. The van der Waals surface area contributed by atoms with Gasteiger partial charge in [0, 0.05) is 38.4 Å². The highest BCUT2D eigenvalue weighted by Gasteiger charge is 2.21. The van der Waals surface area contributed by atoms with Gasteiger partial charge in [0.25, 0.3) is 5.56 Å². The van der Waals surface area contributed by atoms with E-state index in [1.807, 2.05) is 0 Å². The second kappa shape index (κ2) is 5.71. The molecule has 0 aliphatic carbocycles. The maximum Gasteiger partial charge on any atom is 0.328 e. The molecule has 1 aliphatic rings. The first kappa shape index (κ1) is 14.0. The van der Waals surface area contributed by atoms with E-state index in [4.69, 9.17) is 4.74 Å². The second-order valence-electron chi connectivity index (χ2n) is 5.25. The first-order chi connectivity index (χ1) is 8.97. The van der Waals surface area contributed by atoms with E-state index in [9.17, 15) is 9.59 Å². The Morgan fingerprint density at radius 3 is 2.58 bits per heavy atom. The molecule has 2 heterocycles. The number of aromatic amines is 1. The fourth-order valence-electron chi connectivity index (χ4n) is 2.54. The topological polar surface area (TPSA) is 67.3 Å². The van der Waals surface area contributed by atoms with Crippen LogP contribution in [-0.4, -0.2) is 46.3 Å².